The topological polar surface area (TPSA) is 47.6 Å². The van der Waals surface area contributed by atoms with Crippen LogP contribution in [0.5, 0.6) is 0 Å². The van der Waals surface area contributed by atoms with Gasteiger partial charge in [-0.1, -0.05) is 24.3 Å². The summed E-state index contributed by atoms with van der Waals surface area (Å²) in [6, 6.07) is 8.05. The molecule has 0 unspecified atom stereocenters. The van der Waals surface area contributed by atoms with Gasteiger partial charge in [-0.15, -0.1) is 0 Å². The molecule has 1 amide bonds. The fourth-order valence-corrected chi connectivity index (χ4v) is 2.40. The van der Waals surface area contributed by atoms with Crippen molar-refractivity contribution in [3.8, 4) is 0 Å². The summed E-state index contributed by atoms with van der Waals surface area (Å²) in [7, 11) is 0. The van der Waals surface area contributed by atoms with Crippen LogP contribution >= 0.6 is 0 Å². The molecule has 0 aromatic heterocycles. The number of carbonyl (C=O) groups excluding carboxylic acids is 1. The molecule has 2 rings (SSSR count). The van der Waals surface area contributed by atoms with Gasteiger partial charge in [0.05, 0.1) is 12.7 Å². The van der Waals surface area contributed by atoms with Crippen LogP contribution in [0.4, 0.5) is 0 Å². The molecule has 116 valence electrons. The molecular formula is C17H25NO3. The highest BCUT2D eigenvalue weighted by atomic mass is 16.5. The second kappa shape index (κ2) is 8.15. The fourth-order valence-electron chi connectivity index (χ4n) is 2.40. The Morgan fingerprint density at radius 3 is 2.95 bits per heavy atom. The number of rotatable bonds is 6. The van der Waals surface area contributed by atoms with E-state index in [9.17, 15) is 4.79 Å². The summed E-state index contributed by atoms with van der Waals surface area (Å²) < 4.78 is 11.2. The zero-order chi connectivity index (χ0) is 15.1. The Balaban J connectivity index is 1.71. The zero-order valence-electron chi connectivity index (χ0n) is 12.9. The highest BCUT2D eigenvalue weighted by molar-refractivity contribution is 5.80. The van der Waals surface area contributed by atoms with E-state index in [4.69, 9.17) is 9.47 Å². The van der Waals surface area contributed by atoms with Gasteiger partial charge >= 0.3 is 0 Å². The first-order valence-electron chi connectivity index (χ1n) is 7.72. The van der Waals surface area contributed by atoms with E-state index < -0.39 is 6.10 Å². The average molecular weight is 291 g/mol. The van der Waals surface area contributed by atoms with Crippen LogP contribution in [0.1, 0.15) is 37.3 Å². The summed E-state index contributed by atoms with van der Waals surface area (Å²) in [5, 5.41) is 2.92. The Morgan fingerprint density at radius 2 is 2.24 bits per heavy atom. The predicted octanol–water partition coefficient (Wildman–Crippen LogP) is 2.59. The maximum absolute atomic E-state index is 12.0. The van der Waals surface area contributed by atoms with Crippen LogP contribution < -0.4 is 5.32 Å². The predicted molar refractivity (Wildman–Crippen MR) is 82.0 cm³/mol. The Bertz CT molecular complexity index is 455. The van der Waals surface area contributed by atoms with E-state index in [0.717, 1.165) is 25.0 Å². The summed E-state index contributed by atoms with van der Waals surface area (Å²) in [4.78, 5) is 12.0. The zero-order valence-corrected chi connectivity index (χ0v) is 12.9. The van der Waals surface area contributed by atoms with Gasteiger partial charge in [-0.25, -0.2) is 0 Å². The lowest BCUT2D eigenvalue weighted by molar-refractivity contribution is -0.135. The minimum atomic E-state index is -0.445. The van der Waals surface area contributed by atoms with E-state index in [1.807, 2.05) is 31.2 Å². The molecule has 1 aromatic carbocycles. The minimum Gasteiger partial charge on any atom is -0.376 e. The Kier molecular flexibility index (Phi) is 6.21. The first kappa shape index (κ1) is 16.0. The van der Waals surface area contributed by atoms with Crippen LogP contribution in [0.15, 0.2) is 24.3 Å². The van der Waals surface area contributed by atoms with Gasteiger partial charge in [0, 0.05) is 13.2 Å². The van der Waals surface area contributed by atoms with Gasteiger partial charge in [-0.05, 0) is 44.2 Å². The van der Waals surface area contributed by atoms with Crippen LogP contribution in [-0.2, 0) is 20.8 Å². The van der Waals surface area contributed by atoms with Crippen LogP contribution in [0.3, 0.4) is 0 Å². The average Bonchev–Trinajstić information content (AvgIpc) is 2.52. The van der Waals surface area contributed by atoms with Crippen molar-refractivity contribution in [1.82, 2.24) is 5.32 Å². The third-order valence-electron chi connectivity index (χ3n) is 3.89. The third kappa shape index (κ3) is 5.14. The van der Waals surface area contributed by atoms with E-state index in [-0.39, 0.29) is 12.0 Å². The van der Waals surface area contributed by atoms with Gasteiger partial charge in [0.1, 0.15) is 6.10 Å². The van der Waals surface area contributed by atoms with Crippen molar-refractivity contribution in [3.63, 3.8) is 0 Å². The lowest BCUT2D eigenvalue weighted by Crippen LogP contribution is -2.36. The van der Waals surface area contributed by atoms with Crippen molar-refractivity contribution in [2.24, 2.45) is 0 Å². The fraction of sp³-hybridized carbons (Fsp3) is 0.588. The standard InChI is InChI=1S/C17H25NO3/c1-13-7-3-4-8-15(13)11-18-17(19)14(2)21-12-16-9-5-6-10-20-16/h3-4,7-8,14,16H,5-6,9-12H2,1-2H3,(H,18,19)/t14-,16-/m1/s1. The molecular weight excluding hydrogens is 266 g/mol. The molecule has 0 radical (unpaired) electrons. The van der Waals surface area contributed by atoms with Crippen LogP contribution in [-0.4, -0.2) is 31.3 Å². The van der Waals surface area contributed by atoms with Crippen LogP contribution in [0, 0.1) is 6.92 Å². The maximum Gasteiger partial charge on any atom is 0.249 e. The number of benzene rings is 1. The molecule has 4 nitrogen and oxygen atoms in total. The molecule has 2 atom stereocenters. The molecule has 1 aliphatic rings. The molecule has 1 saturated heterocycles. The molecule has 0 spiro atoms. The van der Waals surface area contributed by atoms with Crippen molar-refractivity contribution in [2.45, 2.75) is 51.9 Å². The lowest BCUT2D eigenvalue weighted by Gasteiger charge is -2.24. The molecule has 1 aromatic rings. The van der Waals surface area contributed by atoms with Crippen molar-refractivity contribution in [1.29, 1.82) is 0 Å². The normalized spacial score (nSPS) is 20.0. The molecule has 1 heterocycles. The van der Waals surface area contributed by atoms with Gasteiger partial charge in [0.25, 0.3) is 0 Å². The van der Waals surface area contributed by atoms with Crippen LogP contribution in [0.25, 0.3) is 0 Å². The van der Waals surface area contributed by atoms with Gasteiger partial charge < -0.3 is 14.8 Å². The van der Waals surface area contributed by atoms with Crippen molar-refractivity contribution < 1.29 is 14.3 Å². The summed E-state index contributed by atoms with van der Waals surface area (Å²) in [6.45, 7) is 5.68. The molecule has 0 bridgehead atoms. The minimum absolute atomic E-state index is 0.0749. The number of amides is 1. The number of aryl methyl sites for hydroxylation is 1. The Labute approximate surface area is 126 Å². The Morgan fingerprint density at radius 1 is 1.43 bits per heavy atom. The second-order valence-corrected chi connectivity index (χ2v) is 5.61. The monoisotopic (exact) mass is 291 g/mol. The number of carbonyl (C=O) groups is 1. The number of nitrogens with one attached hydrogen (secondary N) is 1. The van der Waals surface area contributed by atoms with Crippen molar-refractivity contribution >= 4 is 5.91 Å². The van der Waals surface area contributed by atoms with E-state index in [1.54, 1.807) is 6.92 Å². The molecule has 1 fully saturated rings. The van der Waals surface area contributed by atoms with Crippen LogP contribution in [0.2, 0.25) is 0 Å². The highest BCUT2D eigenvalue weighted by Gasteiger charge is 2.18. The summed E-state index contributed by atoms with van der Waals surface area (Å²) in [5.41, 5.74) is 2.32. The highest BCUT2D eigenvalue weighted by Crippen LogP contribution is 2.13. The molecule has 4 heteroatoms. The second-order valence-electron chi connectivity index (χ2n) is 5.61. The number of hydrogen-bond donors (Lipinski definition) is 1. The van der Waals surface area contributed by atoms with Crippen molar-refractivity contribution in [2.75, 3.05) is 13.2 Å². The number of hydrogen-bond acceptors (Lipinski definition) is 3. The largest absolute Gasteiger partial charge is 0.376 e. The van der Waals surface area contributed by atoms with E-state index in [1.165, 1.54) is 12.0 Å². The molecule has 1 N–H and O–H groups in total. The van der Waals surface area contributed by atoms with Gasteiger partial charge in [0.15, 0.2) is 0 Å². The molecule has 21 heavy (non-hydrogen) atoms. The molecule has 1 aliphatic heterocycles. The quantitative estimate of drug-likeness (QED) is 0.876. The van der Waals surface area contributed by atoms with E-state index in [0.29, 0.717) is 13.2 Å². The smallest absolute Gasteiger partial charge is 0.249 e. The van der Waals surface area contributed by atoms with Gasteiger partial charge in [0.2, 0.25) is 5.91 Å². The molecule has 0 aliphatic carbocycles. The van der Waals surface area contributed by atoms with E-state index in [2.05, 4.69) is 5.32 Å². The summed E-state index contributed by atoms with van der Waals surface area (Å²) in [6.07, 6.45) is 3.03. The first-order chi connectivity index (χ1) is 10.2. The third-order valence-corrected chi connectivity index (χ3v) is 3.89. The SMILES string of the molecule is Cc1ccccc1CNC(=O)[C@@H](C)OC[C@H]1CCCCO1. The summed E-state index contributed by atoms with van der Waals surface area (Å²) >= 11 is 0. The van der Waals surface area contributed by atoms with Crippen molar-refractivity contribution in [3.05, 3.63) is 35.4 Å². The molecule has 0 saturated carbocycles. The number of ether oxygens (including phenoxy) is 2. The van der Waals surface area contributed by atoms with Gasteiger partial charge in [-0.2, -0.15) is 0 Å². The lowest BCUT2D eigenvalue weighted by atomic mass is 10.1. The van der Waals surface area contributed by atoms with E-state index >= 15 is 0 Å². The Hall–Kier alpha value is -1.39. The first-order valence-corrected chi connectivity index (χ1v) is 7.72. The summed E-state index contributed by atoms with van der Waals surface area (Å²) in [5.74, 6) is -0.0749. The van der Waals surface area contributed by atoms with Gasteiger partial charge in [-0.3, -0.25) is 4.79 Å². The maximum atomic E-state index is 12.0.